The third-order valence-corrected chi connectivity index (χ3v) is 9.33. The quantitative estimate of drug-likeness (QED) is 0.137. The van der Waals surface area contributed by atoms with Crippen LogP contribution in [-0.2, 0) is 0 Å². The molecule has 3 heterocycles. The second-order valence-corrected chi connectivity index (χ2v) is 12.2. The Morgan fingerprint density at radius 3 is 1.18 bits per heavy atom. The van der Waals surface area contributed by atoms with Gasteiger partial charge in [-0.15, -0.1) is 11.3 Å². The summed E-state index contributed by atoms with van der Waals surface area (Å²) in [6, 6.07) is 3.35. The summed E-state index contributed by atoms with van der Waals surface area (Å²) in [4.78, 5) is 57.0. The summed E-state index contributed by atoms with van der Waals surface area (Å²) in [6.45, 7) is 5.20. The predicted octanol–water partition coefficient (Wildman–Crippen LogP) is 8.37. The SMILES string of the molecule is CCCCCCCCCCN1C(=O)c2ccc3c4c(sc(c24)C1=O)C(=O)N(CCCCCCCCCC)C3=O. The second kappa shape index (κ2) is 14.2. The number of imide groups is 2. The molecule has 7 heteroatoms. The van der Waals surface area contributed by atoms with E-state index in [-0.39, 0.29) is 23.6 Å². The second-order valence-electron chi connectivity index (χ2n) is 11.1. The average molecular weight is 553 g/mol. The highest BCUT2D eigenvalue weighted by atomic mass is 32.1. The van der Waals surface area contributed by atoms with Gasteiger partial charge in [-0.3, -0.25) is 29.0 Å². The summed E-state index contributed by atoms with van der Waals surface area (Å²) in [6.07, 6.45) is 18.2. The molecule has 0 atom stereocenters. The molecule has 39 heavy (non-hydrogen) atoms. The van der Waals surface area contributed by atoms with Crippen LogP contribution in [0.15, 0.2) is 12.1 Å². The molecule has 4 rings (SSSR count). The zero-order valence-electron chi connectivity index (χ0n) is 23.8. The maximum atomic E-state index is 13.4. The van der Waals surface area contributed by atoms with Gasteiger partial charge in [0, 0.05) is 35.0 Å². The normalized spacial score (nSPS) is 14.8. The molecule has 4 amide bonds. The van der Waals surface area contributed by atoms with Gasteiger partial charge in [-0.2, -0.15) is 0 Å². The van der Waals surface area contributed by atoms with Gasteiger partial charge in [-0.1, -0.05) is 104 Å². The van der Waals surface area contributed by atoms with Crippen molar-refractivity contribution in [3.63, 3.8) is 0 Å². The average Bonchev–Trinajstić information content (AvgIpc) is 3.34. The van der Waals surface area contributed by atoms with Crippen molar-refractivity contribution in [1.82, 2.24) is 9.80 Å². The number of hydrogen-bond acceptors (Lipinski definition) is 5. The van der Waals surface area contributed by atoms with Gasteiger partial charge in [-0.25, -0.2) is 0 Å². The van der Waals surface area contributed by atoms with Crippen LogP contribution in [0.2, 0.25) is 0 Å². The van der Waals surface area contributed by atoms with E-state index in [1.165, 1.54) is 74.0 Å². The predicted molar refractivity (Wildman–Crippen MR) is 158 cm³/mol. The monoisotopic (exact) mass is 552 g/mol. The molecule has 6 nitrogen and oxygen atoms in total. The van der Waals surface area contributed by atoms with Crippen LogP contribution in [0.4, 0.5) is 0 Å². The summed E-state index contributed by atoms with van der Waals surface area (Å²) in [5.41, 5.74) is 0.866. The van der Waals surface area contributed by atoms with E-state index >= 15 is 0 Å². The Kier molecular flexibility index (Phi) is 10.7. The third kappa shape index (κ3) is 6.45. The van der Waals surface area contributed by atoms with Crippen LogP contribution >= 0.6 is 11.3 Å². The van der Waals surface area contributed by atoms with Gasteiger partial charge in [0.1, 0.15) is 9.75 Å². The molecule has 0 fully saturated rings. The van der Waals surface area contributed by atoms with Crippen LogP contribution in [0.5, 0.6) is 0 Å². The van der Waals surface area contributed by atoms with E-state index in [0.29, 0.717) is 44.7 Å². The number of amides is 4. The fraction of sp³-hybridized carbons (Fsp3) is 0.625. The van der Waals surface area contributed by atoms with Crippen LogP contribution in [-0.4, -0.2) is 46.5 Å². The molecule has 0 spiro atoms. The summed E-state index contributed by atoms with van der Waals surface area (Å²) in [5.74, 6) is -1.28. The van der Waals surface area contributed by atoms with Crippen LogP contribution in [0, 0.1) is 0 Å². The fourth-order valence-electron chi connectivity index (χ4n) is 5.87. The van der Waals surface area contributed by atoms with Crippen LogP contribution in [0.3, 0.4) is 0 Å². The molecule has 2 aliphatic heterocycles. The zero-order valence-corrected chi connectivity index (χ0v) is 24.6. The lowest BCUT2D eigenvalue weighted by molar-refractivity contribution is 0.0593. The highest BCUT2D eigenvalue weighted by Crippen LogP contribution is 2.43. The Balaban J connectivity index is 1.39. The Labute approximate surface area is 237 Å². The van der Waals surface area contributed by atoms with E-state index in [9.17, 15) is 19.2 Å². The lowest BCUT2D eigenvalue weighted by Gasteiger charge is -2.27. The van der Waals surface area contributed by atoms with Crippen molar-refractivity contribution >= 4 is 45.7 Å². The summed E-state index contributed by atoms with van der Waals surface area (Å²) in [5, 5.41) is 1.01. The van der Waals surface area contributed by atoms with Gasteiger partial charge < -0.3 is 0 Å². The lowest BCUT2D eigenvalue weighted by Crippen LogP contribution is -2.41. The van der Waals surface area contributed by atoms with E-state index in [1.807, 2.05) is 0 Å². The molecule has 2 aromatic rings. The number of carbonyl (C=O) groups excluding carboxylic acids is 4. The Morgan fingerprint density at radius 2 is 0.821 bits per heavy atom. The minimum atomic E-state index is -0.328. The molecule has 0 aliphatic carbocycles. The largest absolute Gasteiger partial charge is 0.274 e. The van der Waals surface area contributed by atoms with Crippen molar-refractivity contribution in [2.75, 3.05) is 13.1 Å². The highest BCUT2D eigenvalue weighted by molar-refractivity contribution is 7.18. The molecule has 1 aromatic carbocycles. The first-order valence-corrected chi connectivity index (χ1v) is 16.1. The Morgan fingerprint density at radius 1 is 0.487 bits per heavy atom. The number of unbranched alkanes of at least 4 members (excludes halogenated alkanes) is 14. The van der Waals surface area contributed by atoms with Crippen molar-refractivity contribution in [2.45, 2.75) is 117 Å². The third-order valence-electron chi connectivity index (χ3n) is 8.16. The van der Waals surface area contributed by atoms with E-state index in [0.717, 1.165) is 49.9 Å². The van der Waals surface area contributed by atoms with Gasteiger partial charge in [0.2, 0.25) is 0 Å². The molecular weight excluding hydrogens is 508 g/mol. The smallest absolute Gasteiger partial charge is 0.271 e. The number of rotatable bonds is 18. The van der Waals surface area contributed by atoms with E-state index in [4.69, 9.17) is 0 Å². The van der Waals surface area contributed by atoms with Gasteiger partial charge in [0.15, 0.2) is 0 Å². The molecule has 2 aliphatic rings. The topological polar surface area (TPSA) is 74.8 Å². The number of nitrogens with zero attached hydrogens (tertiary/aromatic N) is 2. The van der Waals surface area contributed by atoms with Crippen LogP contribution in [0.25, 0.3) is 10.8 Å². The zero-order chi connectivity index (χ0) is 27.8. The van der Waals surface area contributed by atoms with Crippen LogP contribution in [0.1, 0.15) is 157 Å². The Bertz CT molecular complexity index is 1110. The summed E-state index contributed by atoms with van der Waals surface area (Å²) >= 11 is 1.15. The van der Waals surface area contributed by atoms with Crippen LogP contribution < -0.4 is 0 Å². The Hall–Kier alpha value is -2.54. The van der Waals surface area contributed by atoms with Crippen molar-refractivity contribution in [2.24, 2.45) is 0 Å². The molecule has 0 radical (unpaired) electrons. The standard InChI is InChI=1S/C32H44N2O4S/c1-3-5-7-9-11-13-15-17-21-33-29(35)23-19-20-24-26-25(23)27(31(33)37)39-28(26)32(38)34(30(24)36)22-18-16-14-12-10-8-6-4-2/h19-20H,3-18,21-22H2,1-2H3. The number of thiophene rings is 1. The van der Waals surface area contributed by atoms with E-state index in [1.54, 1.807) is 12.1 Å². The summed E-state index contributed by atoms with van der Waals surface area (Å²) in [7, 11) is 0. The van der Waals surface area contributed by atoms with Crippen molar-refractivity contribution < 1.29 is 19.2 Å². The van der Waals surface area contributed by atoms with Gasteiger partial charge >= 0.3 is 0 Å². The molecule has 0 saturated heterocycles. The first kappa shape index (κ1) is 29.4. The minimum Gasteiger partial charge on any atom is -0.274 e. The lowest BCUT2D eigenvalue weighted by atomic mass is 9.93. The fourth-order valence-corrected chi connectivity index (χ4v) is 7.10. The minimum absolute atomic E-state index is 0.312. The van der Waals surface area contributed by atoms with Crippen molar-refractivity contribution in [3.8, 4) is 0 Å². The molecule has 1 aromatic heterocycles. The van der Waals surface area contributed by atoms with Gasteiger partial charge in [0.05, 0.1) is 0 Å². The van der Waals surface area contributed by atoms with E-state index < -0.39 is 0 Å². The first-order chi connectivity index (χ1) is 19.0. The number of benzene rings is 1. The van der Waals surface area contributed by atoms with Gasteiger partial charge in [0.25, 0.3) is 23.6 Å². The first-order valence-electron chi connectivity index (χ1n) is 15.3. The van der Waals surface area contributed by atoms with Crippen molar-refractivity contribution in [3.05, 3.63) is 33.0 Å². The number of hydrogen-bond donors (Lipinski definition) is 0. The van der Waals surface area contributed by atoms with Gasteiger partial charge in [-0.05, 0) is 25.0 Å². The van der Waals surface area contributed by atoms with Crippen molar-refractivity contribution in [1.29, 1.82) is 0 Å². The molecule has 0 N–H and O–H groups in total. The summed E-state index contributed by atoms with van der Waals surface area (Å²) < 4.78 is 0. The molecule has 0 bridgehead atoms. The van der Waals surface area contributed by atoms with E-state index in [2.05, 4.69) is 13.8 Å². The maximum Gasteiger partial charge on any atom is 0.271 e. The maximum absolute atomic E-state index is 13.4. The molecular formula is C32H44N2O4S. The molecule has 0 unspecified atom stereocenters. The number of carbonyl (C=O) groups is 4. The highest BCUT2D eigenvalue weighted by Gasteiger charge is 2.42. The molecule has 0 saturated carbocycles. The molecule has 212 valence electrons.